The van der Waals surface area contributed by atoms with E-state index in [1.54, 1.807) is 23.3 Å². The molecule has 0 fully saturated rings. The van der Waals surface area contributed by atoms with E-state index in [1.807, 2.05) is 25.1 Å². The second-order valence-electron chi connectivity index (χ2n) is 4.35. The lowest BCUT2D eigenvalue weighted by atomic mass is 10.2. The Hall–Kier alpha value is -2.48. The number of aromatic nitrogens is 5. The third-order valence-corrected chi connectivity index (χ3v) is 3.87. The summed E-state index contributed by atoms with van der Waals surface area (Å²) >= 11 is 3.53. The number of nitrogens with zero attached hydrogens (tertiary/aromatic N) is 5. The van der Waals surface area contributed by atoms with Crippen molar-refractivity contribution >= 4 is 33.5 Å². The molecule has 0 saturated carbocycles. The number of nitrogens with one attached hydrogen (secondary N) is 1. The Bertz CT molecular complexity index is 770. The molecular weight excluding hydrogens is 334 g/mol. The van der Waals surface area contributed by atoms with Crippen LogP contribution in [0.4, 0.5) is 17.6 Å². The van der Waals surface area contributed by atoms with Crippen molar-refractivity contribution in [3.8, 4) is 5.95 Å². The van der Waals surface area contributed by atoms with Crippen LogP contribution in [0.5, 0.6) is 0 Å². The number of imidazole rings is 1. The molecule has 1 aromatic carbocycles. The Morgan fingerprint density at radius 1 is 1.24 bits per heavy atom. The molecule has 3 rings (SSSR count). The van der Waals surface area contributed by atoms with Crippen LogP contribution in [0, 0.1) is 6.92 Å². The molecule has 0 bridgehead atoms. The van der Waals surface area contributed by atoms with Gasteiger partial charge in [0.25, 0.3) is 0 Å². The molecule has 7 nitrogen and oxygen atoms in total. The number of aryl methyl sites for hydroxylation is 1. The molecule has 0 unspecified atom stereocenters. The number of halogens is 1. The van der Waals surface area contributed by atoms with E-state index in [4.69, 9.17) is 5.73 Å². The van der Waals surface area contributed by atoms with Gasteiger partial charge in [-0.3, -0.25) is 4.57 Å². The van der Waals surface area contributed by atoms with E-state index >= 15 is 0 Å². The number of anilines is 3. The van der Waals surface area contributed by atoms with Crippen LogP contribution >= 0.6 is 15.9 Å². The monoisotopic (exact) mass is 345 g/mol. The van der Waals surface area contributed by atoms with Gasteiger partial charge in [-0.15, -0.1) is 0 Å². The fourth-order valence-electron chi connectivity index (χ4n) is 1.79. The second kappa shape index (κ2) is 5.49. The van der Waals surface area contributed by atoms with Gasteiger partial charge >= 0.3 is 0 Å². The highest BCUT2D eigenvalue weighted by Gasteiger charge is 2.08. The topological polar surface area (TPSA) is 94.5 Å². The van der Waals surface area contributed by atoms with E-state index in [0.29, 0.717) is 11.9 Å². The maximum atomic E-state index is 5.74. The summed E-state index contributed by atoms with van der Waals surface area (Å²) in [7, 11) is 0. The van der Waals surface area contributed by atoms with Gasteiger partial charge in [-0.2, -0.15) is 15.0 Å². The standard InChI is InChI=1S/C13H12BrN7/c1-8-3-2-4-9(10(8)14)17-12-18-11(15)19-13(20-12)21-6-5-16-7-21/h2-7H,1H3,(H3,15,17,18,19,20). The van der Waals surface area contributed by atoms with Crippen molar-refractivity contribution in [2.24, 2.45) is 0 Å². The number of benzene rings is 1. The van der Waals surface area contributed by atoms with Gasteiger partial charge in [-0.25, -0.2) is 4.98 Å². The number of rotatable bonds is 3. The van der Waals surface area contributed by atoms with Gasteiger partial charge in [0.15, 0.2) is 0 Å². The van der Waals surface area contributed by atoms with Gasteiger partial charge in [0.2, 0.25) is 17.8 Å². The molecule has 21 heavy (non-hydrogen) atoms. The van der Waals surface area contributed by atoms with Crippen molar-refractivity contribution in [2.45, 2.75) is 6.92 Å². The van der Waals surface area contributed by atoms with E-state index < -0.39 is 0 Å². The molecule has 0 saturated heterocycles. The van der Waals surface area contributed by atoms with Crippen LogP contribution in [0.15, 0.2) is 41.4 Å². The Balaban J connectivity index is 1.98. The van der Waals surface area contributed by atoms with E-state index in [9.17, 15) is 0 Å². The van der Waals surface area contributed by atoms with E-state index in [-0.39, 0.29) is 5.95 Å². The second-order valence-corrected chi connectivity index (χ2v) is 5.14. The molecule has 0 aliphatic carbocycles. The largest absolute Gasteiger partial charge is 0.368 e. The highest BCUT2D eigenvalue weighted by atomic mass is 79.9. The predicted molar refractivity (Wildman–Crippen MR) is 83.5 cm³/mol. The maximum absolute atomic E-state index is 5.74. The smallest absolute Gasteiger partial charge is 0.241 e. The lowest BCUT2D eigenvalue weighted by Gasteiger charge is -2.10. The number of nitrogens with two attached hydrogens (primary N) is 1. The zero-order valence-electron chi connectivity index (χ0n) is 11.2. The van der Waals surface area contributed by atoms with Crippen LogP contribution in [0.25, 0.3) is 5.95 Å². The first-order chi connectivity index (χ1) is 10.1. The summed E-state index contributed by atoms with van der Waals surface area (Å²) in [5, 5.41) is 3.13. The van der Waals surface area contributed by atoms with Gasteiger partial charge in [-0.05, 0) is 34.5 Å². The van der Waals surface area contributed by atoms with Crippen LogP contribution in [0.3, 0.4) is 0 Å². The van der Waals surface area contributed by atoms with E-state index in [2.05, 4.69) is 41.2 Å². The lowest BCUT2D eigenvalue weighted by molar-refractivity contribution is 0.906. The summed E-state index contributed by atoms with van der Waals surface area (Å²) in [5.74, 6) is 0.920. The number of hydrogen-bond donors (Lipinski definition) is 2. The average Bonchev–Trinajstić information content (AvgIpc) is 2.97. The Labute approximate surface area is 129 Å². The Kier molecular flexibility index (Phi) is 3.53. The normalized spacial score (nSPS) is 10.6. The third kappa shape index (κ3) is 2.84. The Morgan fingerprint density at radius 3 is 2.86 bits per heavy atom. The quantitative estimate of drug-likeness (QED) is 0.757. The minimum absolute atomic E-state index is 0.139. The minimum Gasteiger partial charge on any atom is -0.368 e. The van der Waals surface area contributed by atoms with Gasteiger partial charge in [0.1, 0.15) is 6.33 Å². The zero-order valence-corrected chi connectivity index (χ0v) is 12.7. The number of nitrogen functional groups attached to an aromatic ring is 1. The first kappa shape index (κ1) is 13.5. The summed E-state index contributed by atoms with van der Waals surface area (Å²) in [6.07, 6.45) is 4.98. The van der Waals surface area contributed by atoms with Gasteiger partial charge in [0.05, 0.1) is 5.69 Å². The third-order valence-electron chi connectivity index (χ3n) is 2.81. The first-order valence-electron chi connectivity index (χ1n) is 6.15. The SMILES string of the molecule is Cc1cccc(Nc2nc(N)nc(-n3ccnc3)n2)c1Br. The molecule has 2 heterocycles. The van der Waals surface area contributed by atoms with E-state index in [1.165, 1.54) is 0 Å². The molecule has 0 atom stereocenters. The fraction of sp³-hybridized carbons (Fsp3) is 0.0769. The van der Waals surface area contributed by atoms with Crippen molar-refractivity contribution in [2.75, 3.05) is 11.1 Å². The number of hydrogen-bond acceptors (Lipinski definition) is 6. The molecule has 0 amide bonds. The predicted octanol–water partition coefficient (Wildman–Crippen LogP) is 2.45. The molecule has 0 aliphatic heterocycles. The average molecular weight is 346 g/mol. The molecular formula is C13H12BrN7. The summed E-state index contributed by atoms with van der Waals surface area (Å²) in [6, 6.07) is 5.88. The highest BCUT2D eigenvalue weighted by molar-refractivity contribution is 9.10. The molecule has 3 N–H and O–H groups in total. The molecule has 3 aromatic rings. The first-order valence-corrected chi connectivity index (χ1v) is 6.95. The molecule has 8 heteroatoms. The van der Waals surface area contributed by atoms with Crippen LogP contribution in [-0.4, -0.2) is 24.5 Å². The zero-order chi connectivity index (χ0) is 14.8. The summed E-state index contributed by atoms with van der Waals surface area (Å²) in [6.45, 7) is 2.01. The van der Waals surface area contributed by atoms with Gasteiger partial charge in [-0.1, -0.05) is 12.1 Å². The van der Waals surface area contributed by atoms with Gasteiger partial charge in [0, 0.05) is 16.9 Å². The van der Waals surface area contributed by atoms with Crippen molar-refractivity contribution < 1.29 is 0 Å². The highest BCUT2D eigenvalue weighted by Crippen LogP contribution is 2.27. The molecule has 0 spiro atoms. The summed E-state index contributed by atoms with van der Waals surface area (Å²) < 4.78 is 2.61. The van der Waals surface area contributed by atoms with Crippen molar-refractivity contribution in [1.82, 2.24) is 24.5 Å². The molecule has 0 aliphatic rings. The Morgan fingerprint density at radius 2 is 2.10 bits per heavy atom. The van der Waals surface area contributed by atoms with Crippen LogP contribution < -0.4 is 11.1 Å². The van der Waals surface area contributed by atoms with E-state index in [0.717, 1.165) is 15.7 Å². The van der Waals surface area contributed by atoms with Crippen LogP contribution in [0.1, 0.15) is 5.56 Å². The van der Waals surface area contributed by atoms with Gasteiger partial charge < -0.3 is 11.1 Å². The van der Waals surface area contributed by atoms with Crippen LogP contribution in [0.2, 0.25) is 0 Å². The van der Waals surface area contributed by atoms with Crippen molar-refractivity contribution in [3.05, 3.63) is 47.0 Å². The molecule has 106 valence electrons. The molecule has 0 radical (unpaired) electrons. The summed E-state index contributed by atoms with van der Waals surface area (Å²) in [4.78, 5) is 16.5. The minimum atomic E-state index is 0.139. The van der Waals surface area contributed by atoms with Crippen molar-refractivity contribution in [1.29, 1.82) is 0 Å². The molecule has 2 aromatic heterocycles. The fourth-order valence-corrected chi connectivity index (χ4v) is 2.16. The maximum Gasteiger partial charge on any atom is 0.241 e. The van der Waals surface area contributed by atoms with Crippen LogP contribution in [-0.2, 0) is 0 Å². The lowest BCUT2D eigenvalue weighted by Crippen LogP contribution is -2.08. The summed E-state index contributed by atoms with van der Waals surface area (Å²) in [5.41, 5.74) is 7.71. The van der Waals surface area contributed by atoms with Crippen molar-refractivity contribution in [3.63, 3.8) is 0 Å².